The second-order valence-electron chi connectivity index (χ2n) is 5.23. The normalized spacial score (nSPS) is 18.4. The third-order valence-electron chi connectivity index (χ3n) is 3.59. The van der Waals surface area contributed by atoms with Gasteiger partial charge in [0.1, 0.15) is 6.04 Å². The third-order valence-corrected chi connectivity index (χ3v) is 4.57. The van der Waals surface area contributed by atoms with Gasteiger partial charge in [0.05, 0.1) is 5.75 Å². The topological polar surface area (TPSA) is 83.6 Å². The Kier molecular flexibility index (Phi) is 5.25. The van der Waals surface area contributed by atoms with E-state index in [-0.39, 0.29) is 11.9 Å². The van der Waals surface area contributed by atoms with Crippen LogP contribution in [-0.4, -0.2) is 40.6 Å². The van der Waals surface area contributed by atoms with Crippen LogP contribution in [0.25, 0.3) is 0 Å². The van der Waals surface area contributed by atoms with Gasteiger partial charge in [0.15, 0.2) is 0 Å². The zero-order valence-electron chi connectivity index (χ0n) is 12.0. The lowest BCUT2D eigenvalue weighted by molar-refractivity contribution is -0.138. The molecule has 3 N–H and O–H groups in total. The molecule has 2 rings (SSSR count). The summed E-state index contributed by atoms with van der Waals surface area (Å²) in [6, 6.07) is 7.29. The van der Waals surface area contributed by atoms with Gasteiger partial charge in [-0.15, -0.1) is 0 Å². The second-order valence-corrected chi connectivity index (χ2v) is 6.34. The van der Waals surface area contributed by atoms with Crippen molar-refractivity contribution in [2.45, 2.75) is 31.8 Å². The summed E-state index contributed by atoms with van der Waals surface area (Å²) in [5.74, 6) is -0.000897. The number of amides is 1. The fraction of sp³-hybridized carbons (Fsp3) is 0.467. The van der Waals surface area contributed by atoms with Gasteiger partial charge in [-0.25, -0.2) is 0 Å². The van der Waals surface area contributed by atoms with Crippen molar-refractivity contribution in [1.82, 2.24) is 0 Å². The lowest BCUT2D eigenvalue weighted by Crippen LogP contribution is -2.37. The van der Waals surface area contributed by atoms with Gasteiger partial charge in [-0.2, -0.15) is 11.8 Å². The molecular formula is C15H20N2O3S. The van der Waals surface area contributed by atoms with E-state index in [0.29, 0.717) is 17.9 Å². The van der Waals surface area contributed by atoms with Crippen molar-refractivity contribution in [3.63, 3.8) is 0 Å². The standard InChI is InChI=1S/C15H20N2O3S/c1-10-8-11-4-2-3-5-13(11)17(10)14(18)9-21-7-6-12(16)15(19)20/h2-5,10,12H,6-9,16H2,1H3,(H,19,20). The largest absolute Gasteiger partial charge is 0.480 e. The molecule has 0 aromatic heterocycles. The Hall–Kier alpha value is -1.53. The third kappa shape index (κ3) is 3.77. The summed E-state index contributed by atoms with van der Waals surface area (Å²) in [7, 11) is 0. The van der Waals surface area contributed by atoms with Crippen LogP contribution in [0.15, 0.2) is 24.3 Å². The molecule has 0 bridgehead atoms. The number of rotatable bonds is 6. The number of thioether (sulfide) groups is 1. The number of nitrogens with two attached hydrogens (primary N) is 1. The maximum atomic E-state index is 12.4. The number of anilines is 1. The Bertz CT molecular complexity index is 535. The Morgan fingerprint density at radius 3 is 2.90 bits per heavy atom. The van der Waals surface area contributed by atoms with Crippen LogP contribution in [0, 0.1) is 0 Å². The Morgan fingerprint density at radius 1 is 1.48 bits per heavy atom. The number of fused-ring (bicyclic) bond motifs is 1. The van der Waals surface area contributed by atoms with Crippen LogP contribution in [-0.2, 0) is 16.0 Å². The van der Waals surface area contributed by atoms with Crippen molar-refractivity contribution in [3.05, 3.63) is 29.8 Å². The first kappa shape index (κ1) is 15.9. The molecule has 5 nitrogen and oxygen atoms in total. The van der Waals surface area contributed by atoms with Gasteiger partial charge in [0.25, 0.3) is 0 Å². The number of carboxylic acids is 1. The predicted octanol–water partition coefficient (Wildman–Crippen LogP) is 1.50. The number of carbonyl (C=O) groups excluding carboxylic acids is 1. The smallest absolute Gasteiger partial charge is 0.320 e. The molecule has 0 aliphatic carbocycles. The molecular weight excluding hydrogens is 288 g/mol. The highest BCUT2D eigenvalue weighted by Crippen LogP contribution is 2.32. The van der Waals surface area contributed by atoms with Crippen molar-refractivity contribution in [2.24, 2.45) is 5.73 Å². The highest BCUT2D eigenvalue weighted by atomic mass is 32.2. The second kappa shape index (κ2) is 6.95. The summed E-state index contributed by atoms with van der Waals surface area (Å²) < 4.78 is 0. The molecule has 21 heavy (non-hydrogen) atoms. The first-order valence-corrected chi connectivity index (χ1v) is 8.12. The van der Waals surface area contributed by atoms with Crippen LogP contribution < -0.4 is 10.6 Å². The van der Waals surface area contributed by atoms with Crippen molar-refractivity contribution in [3.8, 4) is 0 Å². The fourth-order valence-electron chi connectivity index (χ4n) is 2.51. The van der Waals surface area contributed by atoms with Gasteiger partial charge in [-0.3, -0.25) is 9.59 Å². The zero-order valence-corrected chi connectivity index (χ0v) is 12.8. The minimum Gasteiger partial charge on any atom is -0.480 e. The van der Waals surface area contributed by atoms with Crippen molar-refractivity contribution in [1.29, 1.82) is 0 Å². The number of carboxylic acid groups (broad SMARTS) is 1. The molecule has 1 aliphatic heterocycles. The lowest BCUT2D eigenvalue weighted by atomic mass is 10.1. The summed E-state index contributed by atoms with van der Waals surface area (Å²) in [6.07, 6.45) is 1.26. The van der Waals surface area contributed by atoms with Gasteiger partial charge >= 0.3 is 5.97 Å². The van der Waals surface area contributed by atoms with E-state index in [1.165, 1.54) is 17.3 Å². The van der Waals surface area contributed by atoms with E-state index in [1.54, 1.807) is 0 Å². The first-order valence-electron chi connectivity index (χ1n) is 6.96. The molecule has 1 aromatic carbocycles. The molecule has 114 valence electrons. The summed E-state index contributed by atoms with van der Waals surface area (Å²) in [6.45, 7) is 2.04. The van der Waals surface area contributed by atoms with Crippen LogP contribution in [0.3, 0.4) is 0 Å². The molecule has 6 heteroatoms. The van der Waals surface area contributed by atoms with Crippen LogP contribution in [0.5, 0.6) is 0 Å². The molecule has 0 spiro atoms. The SMILES string of the molecule is CC1Cc2ccccc2N1C(=O)CSCCC(N)C(=O)O. The monoisotopic (exact) mass is 308 g/mol. The van der Waals surface area contributed by atoms with E-state index in [0.717, 1.165) is 12.1 Å². The van der Waals surface area contributed by atoms with Crippen LogP contribution in [0.1, 0.15) is 18.9 Å². The fourth-order valence-corrected chi connectivity index (χ4v) is 3.39. The van der Waals surface area contributed by atoms with E-state index >= 15 is 0 Å². The van der Waals surface area contributed by atoms with Crippen molar-refractivity contribution in [2.75, 3.05) is 16.4 Å². The lowest BCUT2D eigenvalue weighted by Gasteiger charge is -2.22. The Labute approximate surface area is 128 Å². The van der Waals surface area contributed by atoms with E-state index in [1.807, 2.05) is 30.0 Å². The number of hydrogen-bond donors (Lipinski definition) is 2. The minimum atomic E-state index is -0.996. The van der Waals surface area contributed by atoms with Gasteiger partial charge in [0, 0.05) is 11.7 Å². The molecule has 0 fully saturated rings. The summed E-state index contributed by atoms with van der Waals surface area (Å²) in [5, 5.41) is 8.70. The highest BCUT2D eigenvalue weighted by molar-refractivity contribution is 7.99. The maximum Gasteiger partial charge on any atom is 0.320 e. The Balaban J connectivity index is 1.85. The number of hydrogen-bond acceptors (Lipinski definition) is 4. The number of para-hydroxylation sites is 1. The molecule has 0 radical (unpaired) electrons. The van der Waals surface area contributed by atoms with E-state index in [2.05, 4.69) is 6.07 Å². The molecule has 2 atom stereocenters. The summed E-state index contributed by atoms with van der Waals surface area (Å²) in [4.78, 5) is 24.8. The average molecular weight is 308 g/mol. The van der Waals surface area contributed by atoms with Crippen LogP contribution in [0.4, 0.5) is 5.69 Å². The van der Waals surface area contributed by atoms with Crippen LogP contribution in [0.2, 0.25) is 0 Å². The number of nitrogens with zero attached hydrogens (tertiary/aromatic N) is 1. The summed E-state index contributed by atoms with van der Waals surface area (Å²) in [5.41, 5.74) is 7.64. The van der Waals surface area contributed by atoms with E-state index in [9.17, 15) is 9.59 Å². The van der Waals surface area contributed by atoms with Gasteiger partial charge in [-0.1, -0.05) is 18.2 Å². The van der Waals surface area contributed by atoms with Crippen molar-refractivity contribution < 1.29 is 14.7 Å². The molecule has 0 saturated heterocycles. The highest BCUT2D eigenvalue weighted by Gasteiger charge is 2.30. The van der Waals surface area contributed by atoms with Crippen molar-refractivity contribution >= 4 is 29.3 Å². The summed E-state index contributed by atoms with van der Waals surface area (Å²) >= 11 is 1.44. The van der Waals surface area contributed by atoms with Crippen LogP contribution >= 0.6 is 11.8 Å². The van der Waals surface area contributed by atoms with Gasteiger partial charge in [-0.05, 0) is 37.1 Å². The molecule has 1 amide bonds. The number of carbonyl (C=O) groups is 2. The first-order chi connectivity index (χ1) is 10.0. The predicted molar refractivity (Wildman–Crippen MR) is 84.6 cm³/mol. The molecule has 1 aromatic rings. The quantitative estimate of drug-likeness (QED) is 0.778. The van der Waals surface area contributed by atoms with E-state index < -0.39 is 12.0 Å². The number of aliphatic carboxylic acids is 1. The van der Waals surface area contributed by atoms with E-state index in [4.69, 9.17) is 10.8 Å². The number of benzene rings is 1. The van der Waals surface area contributed by atoms with Gasteiger partial charge in [0.2, 0.25) is 5.91 Å². The molecule has 0 saturated carbocycles. The van der Waals surface area contributed by atoms with Gasteiger partial charge < -0.3 is 15.7 Å². The zero-order chi connectivity index (χ0) is 15.4. The molecule has 2 unspecified atom stereocenters. The Morgan fingerprint density at radius 2 is 2.19 bits per heavy atom. The maximum absolute atomic E-state index is 12.4. The molecule has 1 heterocycles. The average Bonchev–Trinajstić information content (AvgIpc) is 2.78. The molecule has 1 aliphatic rings. The minimum absolute atomic E-state index is 0.0707.